The fraction of sp³-hybridized carbons (Fsp3) is 0.316. The van der Waals surface area contributed by atoms with E-state index in [-0.39, 0.29) is 11.3 Å². The summed E-state index contributed by atoms with van der Waals surface area (Å²) in [5, 5.41) is 14.8. The van der Waals surface area contributed by atoms with Gasteiger partial charge < -0.3 is 9.84 Å². The van der Waals surface area contributed by atoms with Crippen molar-refractivity contribution in [1.29, 1.82) is 0 Å². The highest BCUT2D eigenvalue weighted by Gasteiger charge is 2.40. The zero-order valence-corrected chi connectivity index (χ0v) is 17.2. The van der Waals surface area contributed by atoms with Crippen LogP contribution in [0.25, 0.3) is 0 Å². The van der Waals surface area contributed by atoms with Crippen LogP contribution in [0.2, 0.25) is 10.0 Å². The van der Waals surface area contributed by atoms with Crippen LogP contribution in [0, 0.1) is 0 Å². The van der Waals surface area contributed by atoms with Gasteiger partial charge in [-0.25, -0.2) is 19.2 Å². The number of benzene rings is 1. The third-order valence-electron chi connectivity index (χ3n) is 4.19. The molecule has 9 heteroatoms. The first kappa shape index (κ1) is 20.2. The van der Waals surface area contributed by atoms with Gasteiger partial charge in [-0.1, -0.05) is 29.3 Å². The molecule has 0 fully saturated rings. The predicted octanol–water partition coefficient (Wildman–Crippen LogP) is 4.89. The number of carbonyl (C=O) groups is 2. The Kier molecular flexibility index (Phi) is 5.16. The zero-order valence-electron chi connectivity index (χ0n) is 15.7. The summed E-state index contributed by atoms with van der Waals surface area (Å²) in [6.07, 6.45) is 0.813. The molecule has 148 valence electrons. The second-order valence-corrected chi connectivity index (χ2v) is 8.14. The quantitative estimate of drug-likeness (QED) is 0.742. The summed E-state index contributed by atoms with van der Waals surface area (Å²) in [6, 6.07) is 5.72. The van der Waals surface area contributed by atoms with Crippen LogP contribution in [0.15, 0.2) is 41.7 Å². The molecule has 28 heavy (non-hydrogen) atoms. The zero-order chi connectivity index (χ0) is 20.8. The summed E-state index contributed by atoms with van der Waals surface area (Å²) in [7, 11) is 0. The van der Waals surface area contributed by atoms with Crippen LogP contribution < -0.4 is 4.90 Å². The number of nitrogens with zero attached hydrogens (tertiary/aromatic N) is 3. The van der Waals surface area contributed by atoms with Gasteiger partial charge in [0.25, 0.3) is 0 Å². The van der Waals surface area contributed by atoms with E-state index in [0.29, 0.717) is 21.4 Å². The number of ether oxygens (including phenoxy) is 1. The van der Waals surface area contributed by atoms with Crippen molar-refractivity contribution in [2.24, 2.45) is 0 Å². The fourth-order valence-corrected chi connectivity index (χ4v) is 3.40. The second kappa shape index (κ2) is 7.14. The first-order valence-corrected chi connectivity index (χ1v) is 9.22. The number of carbonyl (C=O) groups excluding carboxylic acids is 1. The maximum absolute atomic E-state index is 12.8. The Morgan fingerprint density at radius 3 is 2.43 bits per heavy atom. The smallest absolute Gasteiger partial charge is 0.420 e. The normalized spacial score (nSPS) is 16.8. The third-order valence-corrected chi connectivity index (χ3v) is 4.93. The van der Waals surface area contributed by atoms with Gasteiger partial charge in [0.1, 0.15) is 17.5 Å². The SMILES string of the molecule is CC1=C(C(=O)O)C(c2ccc(Cl)c(Cl)c2)n2nccc2N1C(=O)OC(C)(C)C. The Labute approximate surface area is 172 Å². The molecule has 1 unspecified atom stereocenters. The van der Waals surface area contributed by atoms with Crippen LogP contribution in [0.5, 0.6) is 0 Å². The highest BCUT2D eigenvalue weighted by Crippen LogP contribution is 2.40. The fourth-order valence-electron chi connectivity index (χ4n) is 3.10. The highest BCUT2D eigenvalue weighted by molar-refractivity contribution is 6.42. The van der Waals surface area contributed by atoms with E-state index in [2.05, 4.69) is 5.10 Å². The topological polar surface area (TPSA) is 84.7 Å². The largest absolute Gasteiger partial charge is 0.478 e. The summed E-state index contributed by atoms with van der Waals surface area (Å²) in [6.45, 7) is 6.78. The molecular weight excluding hydrogens is 405 g/mol. The van der Waals surface area contributed by atoms with Crippen LogP contribution in [-0.4, -0.2) is 32.6 Å². The lowest BCUT2D eigenvalue weighted by molar-refractivity contribution is -0.133. The van der Waals surface area contributed by atoms with Gasteiger partial charge in [-0.05, 0) is 45.4 Å². The van der Waals surface area contributed by atoms with Crippen LogP contribution >= 0.6 is 23.2 Å². The molecule has 1 amide bonds. The molecule has 3 rings (SSSR count). The van der Waals surface area contributed by atoms with Gasteiger partial charge in [0.05, 0.1) is 21.8 Å². The Balaban J connectivity index is 2.20. The lowest BCUT2D eigenvalue weighted by atomic mass is 9.95. The number of carboxylic acids is 1. The van der Waals surface area contributed by atoms with Crippen LogP contribution in [-0.2, 0) is 9.53 Å². The number of rotatable bonds is 2. The molecule has 2 heterocycles. The molecule has 1 aromatic carbocycles. The van der Waals surface area contributed by atoms with E-state index in [1.165, 1.54) is 15.8 Å². The monoisotopic (exact) mass is 423 g/mol. The maximum atomic E-state index is 12.8. The molecular formula is C19H19Cl2N3O4. The molecule has 0 aliphatic carbocycles. The predicted molar refractivity (Wildman–Crippen MR) is 106 cm³/mol. The number of fused-ring (bicyclic) bond motifs is 1. The van der Waals surface area contributed by atoms with Crippen molar-refractivity contribution >= 4 is 41.1 Å². The molecule has 2 aromatic rings. The van der Waals surface area contributed by atoms with E-state index >= 15 is 0 Å². The molecule has 1 aromatic heterocycles. The van der Waals surface area contributed by atoms with Crippen molar-refractivity contribution in [2.75, 3.05) is 4.90 Å². The van der Waals surface area contributed by atoms with Gasteiger partial charge in [-0.15, -0.1) is 0 Å². The first-order valence-electron chi connectivity index (χ1n) is 8.47. The van der Waals surface area contributed by atoms with Crippen molar-refractivity contribution in [3.63, 3.8) is 0 Å². The van der Waals surface area contributed by atoms with Crippen LogP contribution in [0.4, 0.5) is 10.6 Å². The maximum Gasteiger partial charge on any atom is 0.420 e. The van der Waals surface area contributed by atoms with E-state index in [4.69, 9.17) is 27.9 Å². The molecule has 0 radical (unpaired) electrons. The number of aromatic nitrogens is 2. The van der Waals surface area contributed by atoms with Crippen molar-refractivity contribution in [3.05, 3.63) is 57.3 Å². The van der Waals surface area contributed by atoms with Crippen LogP contribution in [0.3, 0.4) is 0 Å². The van der Waals surface area contributed by atoms with Gasteiger partial charge in [-0.2, -0.15) is 5.10 Å². The van der Waals surface area contributed by atoms with Crippen molar-refractivity contribution in [1.82, 2.24) is 9.78 Å². The van der Waals surface area contributed by atoms with Crippen LogP contribution in [0.1, 0.15) is 39.3 Å². The lowest BCUT2D eigenvalue weighted by Gasteiger charge is -2.35. The number of anilines is 1. The van der Waals surface area contributed by atoms with E-state index in [0.717, 1.165) is 0 Å². The number of carboxylic acid groups (broad SMARTS) is 1. The molecule has 1 aliphatic heterocycles. The molecule has 7 nitrogen and oxygen atoms in total. The van der Waals surface area contributed by atoms with E-state index in [9.17, 15) is 14.7 Å². The molecule has 1 atom stereocenters. The van der Waals surface area contributed by atoms with Gasteiger partial charge in [0.2, 0.25) is 0 Å². The molecule has 0 bridgehead atoms. The minimum Gasteiger partial charge on any atom is -0.478 e. The van der Waals surface area contributed by atoms with Crippen molar-refractivity contribution < 1.29 is 19.4 Å². The average Bonchev–Trinajstić information content (AvgIpc) is 3.02. The number of aliphatic carboxylic acids is 1. The minimum atomic E-state index is -1.18. The summed E-state index contributed by atoms with van der Waals surface area (Å²) < 4.78 is 6.92. The second-order valence-electron chi connectivity index (χ2n) is 7.33. The number of hydrogen-bond donors (Lipinski definition) is 1. The minimum absolute atomic E-state index is 0.0135. The summed E-state index contributed by atoms with van der Waals surface area (Å²) >= 11 is 12.1. The molecule has 0 spiro atoms. The standard InChI is InChI=1S/C19H19Cl2N3O4/c1-10-15(17(25)26)16(11-5-6-12(20)13(21)9-11)24-14(7-8-22-24)23(10)18(27)28-19(2,3)4/h5-9,16H,1-4H3,(H,25,26). The van der Waals surface area contributed by atoms with Gasteiger partial charge in [0, 0.05) is 11.8 Å². The van der Waals surface area contributed by atoms with E-state index in [1.54, 1.807) is 52.0 Å². The Bertz CT molecular complexity index is 991. The number of halogens is 2. The average molecular weight is 424 g/mol. The Morgan fingerprint density at radius 1 is 1.18 bits per heavy atom. The number of allylic oxidation sites excluding steroid dienone is 1. The molecule has 0 saturated heterocycles. The number of hydrogen-bond acceptors (Lipinski definition) is 4. The van der Waals surface area contributed by atoms with Crippen molar-refractivity contribution in [2.45, 2.75) is 39.3 Å². The highest BCUT2D eigenvalue weighted by atomic mass is 35.5. The molecule has 1 N–H and O–H groups in total. The summed E-state index contributed by atoms with van der Waals surface area (Å²) in [4.78, 5) is 26.2. The first-order chi connectivity index (χ1) is 13.0. The van der Waals surface area contributed by atoms with Gasteiger partial charge in [-0.3, -0.25) is 0 Å². The van der Waals surface area contributed by atoms with Gasteiger partial charge in [0.15, 0.2) is 0 Å². The molecule has 0 saturated carbocycles. The van der Waals surface area contributed by atoms with Crippen molar-refractivity contribution in [3.8, 4) is 0 Å². The van der Waals surface area contributed by atoms with Gasteiger partial charge >= 0.3 is 12.1 Å². The Hall–Kier alpha value is -2.51. The van der Waals surface area contributed by atoms with E-state index in [1.807, 2.05) is 0 Å². The van der Waals surface area contributed by atoms with E-state index < -0.39 is 23.7 Å². The summed E-state index contributed by atoms with van der Waals surface area (Å²) in [5.41, 5.74) is 0.0674. The Morgan fingerprint density at radius 2 is 1.86 bits per heavy atom. The lowest BCUT2D eigenvalue weighted by Crippen LogP contribution is -2.42. The third kappa shape index (κ3) is 3.59. The number of amides is 1. The summed E-state index contributed by atoms with van der Waals surface area (Å²) in [5.74, 6) is -0.781. The molecule has 1 aliphatic rings.